The number of benzene rings is 1. The van der Waals surface area contributed by atoms with Crippen molar-refractivity contribution < 1.29 is 18.7 Å². The highest BCUT2D eigenvalue weighted by atomic mass is 19.1. The van der Waals surface area contributed by atoms with E-state index >= 15 is 0 Å². The summed E-state index contributed by atoms with van der Waals surface area (Å²) < 4.78 is 24.8. The van der Waals surface area contributed by atoms with E-state index in [1.807, 2.05) is 0 Å². The van der Waals surface area contributed by atoms with Crippen LogP contribution in [0.5, 0.6) is 0 Å². The third-order valence-electron chi connectivity index (χ3n) is 3.85. The van der Waals surface area contributed by atoms with Crippen LogP contribution < -0.4 is 5.32 Å². The third-order valence-corrected chi connectivity index (χ3v) is 3.85. The van der Waals surface area contributed by atoms with Crippen LogP contribution in [0.15, 0.2) is 24.3 Å². The highest BCUT2D eigenvalue weighted by Gasteiger charge is 2.31. The molecule has 0 radical (unpaired) electrons. The summed E-state index contributed by atoms with van der Waals surface area (Å²) in [6.45, 7) is 3.01. The first kappa shape index (κ1) is 14.4. The molecular formula is C15H19FN2O3. The van der Waals surface area contributed by atoms with Crippen molar-refractivity contribution in [3.05, 3.63) is 35.6 Å². The number of nitrogens with one attached hydrogen (secondary N) is 1. The summed E-state index contributed by atoms with van der Waals surface area (Å²) in [7, 11) is 0. The second-order valence-corrected chi connectivity index (χ2v) is 5.25. The molecule has 2 atom stereocenters. The van der Waals surface area contributed by atoms with Crippen molar-refractivity contribution in [2.45, 2.75) is 12.1 Å². The van der Waals surface area contributed by atoms with E-state index in [4.69, 9.17) is 9.47 Å². The Morgan fingerprint density at radius 3 is 2.95 bits per heavy atom. The molecule has 1 N–H and O–H groups in total. The Kier molecular flexibility index (Phi) is 4.48. The predicted octanol–water partition coefficient (Wildman–Crippen LogP) is 0.714. The first-order valence-corrected chi connectivity index (χ1v) is 7.21. The lowest BCUT2D eigenvalue weighted by atomic mass is 10.1. The van der Waals surface area contributed by atoms with Crippen LogP contribution in [0.3, 0.4) is 0 Å². The number of hydrogen-bond acceptors (Lipinski definition) is 4. The van der Waals surface area contributed by atoms with Crippen molar-refractivity contribution in [3.8, 4) is 0 Å². The minimum absolute atomic E-state index is 0.000612. The van der Waals surface area contributed by atoms with Gasteiger partial charge in [-0.05, 0) is 6.07 Å². The van der Waals surface area contributed by atoms with Gasteiger partial charge >= 0.3 is 0 Å². The number of amides is 1. The molecule has 0 bridgehead atoms. The van der Waals surface area contributed by atoms with Gasteiger partial charge in [0.25, 0.3) is 0 Å². The molecule has 6 heteroatoms. The molecule has 1 aromatic carbocycles. The van der Waals surface area contributed by atoms with Gasteiger partial charge in [-0.2, -0.15) is 0 Å². The number of hydrogen-bond donors (Lipinski definition) is 1. The fourth-order valence-electron chi connectivity index (χ4n) is 2.72. The van der Waals surface area contributed by atoms with Gasteiger partial charge in [0, 0.05) is 18.7 Å². The van der Waals surface area contributed by atoms with Crippen molar-refractivity contribution in [2.75, 3.05) is 39.5 Å². The van der Waals surface area contributed by atoms with Crippen LogP contribution in [-0.4, -0.2) is 56.3 Å². The SMILES string of the molecule is O=C([C@H]1COCCN1)N1CCO[C@H](c2ccccc2F)C1. The number of rotatable bonds is 2. The van der Waals surface area contributed by atoms with Crippen LogP contribution >= 0.6 is 0 Å². The molecule has 0 aromatic heterocycles. The van der Waals surface area contributed by atoms with Crippen LogP contribution in [0.2, 0.25) is 0 Å². The summed E-state index contributed by atoms with van der Waals surface area (Å²) in [4.78, 5) is 14.2. The minimum atomic E-state index is -0.409. The van der Waals surface area contributed by atoms with E-state index in [1.165, 1.54) is 6.07 Å². The maximum atomic E-state index is 13.8. The number of halogens is 1. The molecule has 0 aliphatic carbocycles. The second-order valence-electron chi connectivity index (χ2n) is 5.25. The van der Waals surface area contributed by atoms with Crippen LogP contribution in [0.1, 0.15) is 11.7 Å². The van der Waals surface area contributed by atoms with Gasteiger partial charge in [-0.1, -0.05) is 18.2 Å². The van der Waals surface area contributed by atoms with Crippen LogP contribution in [-0.2, 0) is 14.3 Å². The largest absolute Gasteiger partial charge is 0.378 e. The Balaban J connectivity index is 1.68. The standard InChI is InChI=1S/C15H19FN2O3/c16-12-4-2-1-3-11(12)14-9-18(6-8-21-14)15(19)13-10-20-7-5-17-13/h1-4,13-14,17H,5-10H2/t13-,14+/m1/s1. The Bertz CT molecular complexity index is 505. The Morgan fingerprint density at radius 2 is 2.19 bits per heavy atom. The van der Waals surface area contributed by atoms with Gasteiger partial charge in [-0.15, -0.1) is 0 Å². The number of carbonyl (C=O) groups is 1. The summed E-state index contributed by atoms with van der Waals surface area (Å²) >= 11 is 0. The predicted molar refractivity (Wildman–Crippen MR) is 74.3 cm³/mol. The van der Waals surface area contributed by atoms with Crippen molar-refractivity contribution in [3.63, 3.8) is 0 Å². The first-order chi connectivity index (χ1) is 10.3. The van der Waals surface area contributed by atoms with E-state index in [2.05, 4.69) is 5.32 Å². The maximum Gasteiger partial charge on any atom is 0.242 e. The number of ether oxygens (including phenoxy) is 2. The van der Waals surface area contributed by atoms with Crippen molar-refractivity contribution in [1.29, 1.82) is 0 Å². The molecule has 5 nitrogen and oxygen atoms in total. The van der Waals surface area contributed by atoms with Gasteiger partial charge in [0.1, 0.15) is 18.0 Å². The summed E-state index contributed by atoms with van der Waals surface area (Å²) in [5, 5.41) is 3.15. The van der Waals surface area contributed by atoms with Crippen LogP contribution in [0.4, 0.5) is 4.39 Å². The van der Waals surface area contributed by atoms with Gasteiger partial charge in [0.05, 0.1) is 26.4 Å². The topological polar surface area (TPSA) is 50.8 Å². The minimum Gasteiger partial charge on any atom is -0.378 e. The Hall–Kier alpha value is -1.50. The smallest absolute Gasteiger partial charge is 0.242 e. The molecule has 3 rings (SSSR count). The fourth-order valence-corrected chi connectivity index (χ4v) is 2.72. The zero-order chi connectivity index (χ0) is 14.7. The van der Waals surface area contributed by atoms with Crippen molar-refractivity contribution in [2.24, 2.45) is 0 Å². The van der Waals surface area contributed by atoms with Gasteiger partial charge in [0.2, 0.25) is 5.91 Å². The Morgan fingerprint density at radius 1 is 1.33 bits per heavy atom. The Labute approximate surface area is 123 Å². The second kappa shape index (κ2) is 6.51. The number of carbonyl (C=O) groups excluding carboxylic acids is 1. The van der Waals surface area contributed by atoms with Crippen LogP contribution in [0.25, 0.3) is 0 Å². The van der Waals surface area contributed by atoms with E-state index in [-0.39, 0.29) is 17.8 Å². The molecule has 2 aliphatic rings. The highest BCUT2D eigenvalue weighted by molar-refractivity contribution is 5.82. The molecule has 0 spiro atoms. The molecule has 114 valence electrons. The maximum absolute atomic E-state index is 13.8. The summed E-state index contributed by atoms with van der Waals surface area (Å²) in [5.74, 6) is -0.296. The van der Waals surface area contributed by atoms with E-state index in [0.29, 0.717) is 45.0 Å². The van der Waals surface area contributed by atoms with E-state index in [9.17, 15) is 9.18 Å². The molecular weight excluding hydrogens is 275 g/mol. The zero-order valence-electron chi connectivity index (χ0n) is 11.8. The van der Waals surface area contributed by atoms with Crippen LogP contribution in [0, 0.1) is 5.82 Å². The number of nitrogens with zero attached hydrogens (tertiary/aromatic N) is 1. The highest BCUT2D eigenvalue weighted by Crippen LogP contribution is 2.24. The van der Waals surface area contributed by atoms with E-state index < -0.39 is 6.10 Å². The fraction of sp³-hybridized carbons (Fsp3) is 0.533. The van der Waals surface area contributed by atoms with Crippen molar-refractivity contribution in [1.82, 2.24) is 10.2 Å². The molecule has 0 unspecified atom stereocenters. The van der Waals surface area contributed by atoms with Gasteiger partial charge in [0.15, 0.2) is 0 Å². The molecule has 0 saturated carbocycles. The molecule has 2 aliphatic heterocycles. The average Bonchev–Trinajstić information content (AvgIpc) is 2.55. The van der Waals surface area contributed by atoms with Gasteiger partial charge in [-0.3, -0.25) is 4.79 Å². The summed E-state index contributed by atoms with van der Waals surface area (Å²) in [5.41, 5.74) is 0.503. The summed E-state index contributed by atoms with van der Waals surface area (Å²) in [6.07, 6.45) is -0.409. The van der Waals surface area contributed by atoms with E-state index in [0.717, 1.165) is 0 Å². The zero-order valence-corrected chi connectivity index (χ0v) is 11.8. The molecule has 2 heterocycles. The van der Waals surface area contributed by atoms with Crippen molar-refractivity contribution >= 4 is 5.91 Å². The normalized spacial score (nSPS) is 26.6. The lowest BCUT2D eigenvalue weighted by Gasteiger charge is -2.36. The lowest BCUT2D eigenvalue weighted by Crippen LogP contribution is -2.55. The quantitative estimate of drug-likeness (QED) is 0.873. The third kappa shape index (κ3) is 3.23. The monoisotopic (exact) mass is 294 g/mol. The van der Waals surface area contributed by atoms with Gasteiger partial charge < -0.3 is 19.7 Å². The molecule has 1 amide bonds. The molecule has 21 heavy (non-hydrogen) atoms. The summed E-state index contributed by atoms with van der Waals surface area (Å²) in [6, 6.07) is 6.23. The first-order valence-electron chi connectivity index (χ1n) is 7.21. The lowest BCUT2D eigenvalue weighted by molar-refractivity contribution is -0.144. The molecule has 1 aromatic rings. The van der Waals surface area contributed by atoms with E-state index in [1.54, 1.807) is 23.1 Å². The molecule has 2 saturated heterocycles. The van der Waals surface area contributed by atoms with Gasteiger partial charge in [-0.25, -0.2) is 4.39 Å². The average molecular weight is 294 g/mol. The molecule has 2 fully saturated rings. The number of morpholine rings is 2.